The molecule has 0 radical (unpaired) electrons. The third-order valence-electron chi connectivity index (χ3n) is 2.21. The number of hydrogen-bond acceptors (Lipinski definition) is 3. The summed E-state index contributed by atoms with van der Waals surface area (Å²) in [5.41, 5.74) is 0. The van der Waals surface area contributed by atoms with E-state index in [0.29, 0.717) is 0 Å². The van der Waals surface area contributed by atoms with Crippen molar-refractivity contribution in [3.05, 3.63) is 16.7 Å². The van der Waals surface area contributed by atoms with E-state index in [9.17, 15) is 0 Å². The lowest BCUT2D eigenvalue weighted by Crippen LogP contribution is -2.34. The van der Waals surface area contributed by atoms with E-state index in [4.69, 9.17) is 4.74 Å². The Kier molecular flexibility index (Phi) is 2.91. The van der Waals surface area contributed by atoms with E-state index in [0.717, 1.165) is 42.2 Å². The highest BCUT2D eigenvalue weighted by Gasteiger charge is 2.18. The van der Waals surface area contributed by atoms with Gasteiger partial charge in [-0.3, -0.25) is 0 Å². The van der Waals surface area contributed by atoms with Gasteiger partial charge in [0.1, 0.15) is 6.61 Å². The quantitative estimate of drug-likeness (QED) is 0.813. The molecule has 1 aromatic heterocycles. The molecule has 0 N–H and O–H groups in total. The van der Waals surface area contributed by atoms with Crippen LogP contribution in [0.4, 0.5) is 5.82 Å². The fourth-order valence-corrected chi connectivity index (χ4v) is 1.93. The molecule has 14 heavy (non-hydrogen) atoms. The number of fused-ring (bicyclic) bond motifs is 1. The number of hydrogen-bond donors (Lipinski definition) is 0. The Morgan fingerprint density at radius 2 is 2.50 bits per heavy atom. The summed E-state index contributed by atoms with van der Waals surface area (Å²) in [7, 11) is 0. The van der Waals surface area contributed by atoms with Crippen molar-refractivity contribution in [1.82, 2.24) is 4.98 Å². The normalized spacial score (nSPS) is 14.9. The molecule has 3 nitrogen and oxygen atoms in total. The van der Waals surface area contributed by atoms with E-state index in [1.165, 1.54) is 0 Å². The molecule has 2 rings (SSSR count). The van der Waals surface area contributed by atoms with Crippen LogP contribution in [-0.2, 0) is 0 Å². The molecular weight excluding hydrogens is 244 g/mol. The molecule has 76 valence electrons. The van der Waals surface area contributed by atoms with Gasteiger partial charge >= 0.3 is 0 Å². The molecule has 1 aliphatic rings. The predicted octanol–water partition coefficient (Wildman–Crippen LogP) is 2.45. The minimum absolute atomic E-state index is 0.755. The summed E-state index contributed by atoms with van der Waals surface area (Å²) in [6, 6.07) is 1.98. The van der Waals surface area contributed by atoms with Gasteiger partial charge in [0.05, 0.1) is 6.54 Å². The molecule has 0 amide bonds. The van der Waals surface area contributed by atoms with Crippen molar-refractivity contribution in [3.63, 3.8) is 0 Å². The van der Waals surface area contributed by atoms with E-state index >= 15 is 0 Å². The number of ether oxygens (including phenoxy) is 1. The third-order valence-corrected chi connectivity index (χ3v) is 2.65. The monoisotopic (exact) mass is 256 g/mol. The van der Waals surface area contributed by atoms with Gasteiger partial charge in [0.25, 0.3) is 0 Å². The van der Waals surface area contributed by atoms with Gasteiger partial charge in [-0.05, 0) is 28.4 Å². The van der Waals surface area contributed by atoms with Crippen LogP contribution in [0.1, 0.15) is 13.3 Å². The van der Waals surface area contributed by atoms with E-state index in [2.05, 4.69) is 32.7 Å². The standard InChI is InChI=1S/C10H13BrN2O/c1-2-3-13-4-5-14-9-6-8(11)7-12-10(9)13/h6-7H,2-5H2,1H3. The Bertz CT molecular complexity index is 330. The van der Waals surface area contributed by atoms with Crippen molar-refractivity contribution in [2.75, 3.05) is 24.6 Å². The second kappa shape index (κ2) is 4.17. The molecule has 0 bridgehead atoms. The lowest BCUT2D eigenvalue weighted by molar-refractivity contribution is 0.304. The van der Waals surface area contributed by atoms with E-state index < -0.39 is 0 Å². The van der Waals surface area contributed by atoms with Crippen LogP contribution in [0.15, 0.2) is 16.7 Å². The zero-order chi connectivity index (χ0) is 9.97. The third kappa shape index (κ3) is 1.85. The lowest BCUT2D eigenvalue weighted by Gasteiger charge is -2.29. The number of nitrogens with zero attached hydrogens (tertiary/aromatic N) is 2. The minimum Gasteiger partial charge on any atom is -0.488 e. The number of anilines is 1. The Morgan fingerprint density at radius 1 is 1.64 bits per heavy atom. The Hall–Kier alpha value is -0.770. The lowest BCUT2D eigenvalue weighted by atomic mass is 10.3. The Morgan fingerprint density at radius 3 is 3.29 bits per heavy atom. The first-order valence-electron chi connectivity index (χ1n) is 4.84. The number of aromatic nitrogens is 1. The van der Waals surface area contributed by atoms with Crippen molar-refractivity contribution in [3.8, 4) is 5.75 Å². The van der Waals surface area contributed by atoms with Crippen molar-refractivity contribution in [2.45, 2.75) is 13.3 Å². The highest BCUT2D eigenvalue weighted by molar-refractivity contribution is 9.10. The van der Waals surface area contributed by atoms with Crippen LogP contribution in [-0.4, -0.2) is 24.7 Å². The van der Waals surface area contributed by atoms with Crippen LogP contribution in [0.5, 0.6) is 5.75 Å². The van der Waals surface area contributed by atoms with Crippen LogP contribution in [0.3, 0.4) is 0 Å². The summed E-state index contributed by atoms with van der Waals surface area (Å²) in [4.78, 5) is 6.64. The fourth-order valence-electron chi connectivity index (χ4n) is 1.62. The van der Waals surface area contributed by atoms with Crippen molar-refractivity contribution in [2.24, 2.45) is 0 Å². The first-order valence-corrected chi connectivity index (χ1v) is 5.64. The molecule has 2 heterocycles. The number of rotatable bonds is 2. The largest absolute Gasteiger partial charge is 0.488 e. The Labute approximate surface area is 92.2 Å². The summed E-state index contributed by atoms with van der Waals surface area (Å²) in [5, 5.41) is 0. The van der Waals surface area contributed by atoms with Gasteiger partial charge in [-0.15, -0.1) is 0 Å². The molecule has 0 fully saturated rings. The zero-order valence-corrected chi connectivity index (χ0v) is 9.75. The first-order chi connectivity index (χ1) is 6.81. The second-order valence-corrected chi connectivity index (χ2v) is 4.23. The van der Waals surface area contributed by atoms with Gasteiger partial charge in [0.15, 0.2) is 11.6 Å². The van der Waals surface area contributed by atoms with Gasteiger partial charge < -0.3 is 9.64 Å². The van der Waals surface area contributed by atoms with Gasteiger partial charge in [-0.2, -0.15) is 0 Å². The molecule has 0 saturated carbocycles. The second-order valence-electron chi connectivity index (χ2n) is 3.31. The molecule has 1 aromatic rings. The molecule has 4 heteroatoms. The van der Waals surface area contributed by atoms with Crippen LogP contribution in [0.25, 0.3) is 0 Å². The molecule has 0 spiro atoms. The molecule has 0 unspecified atom stereocenters. The molecule has 1 aliphatic heterocycles. The average Bonchev–Trinajstić information content (AvgIpc) is 2.18. The molecule has 0 atom stereocenters. The fraction of sp³-hybridized carbons (Fsp3) is 0.500. The summed E-state index contributed by atoms with van der Waals surface area (Å²) in [5.74, 6) is 1.86. The van der Waals surface area contributed by atoms with Crippen LogP contribution >= 0.6 is 15.9 Å². The molecule has 0 saturated heterocycles. The Balaban J connectivity index is 2.30. The van der Waals surface area contributed by atoms with Gasteiger partial charge in [-0.25, -0.2) is 4.98 Å². The van der Waals surface area contributed by atoms with Crippen LogP contribution in [0, 0.1) is 0 Å². The van der Waals surface area contributed by atoms with Crippen molar-refractivity contribution >= 4 is 21.7 Å². The van der Waals surface area contributed by atoms with E-state index in [-0.39, 0.29) is 0 Å². The van der Waals surface area contributed by atoms with Gasteiger partial charge in [0, 0.05) is 17.2 Å². The molecule has 0 aromatic carbocycles. The van der Waals surface area contributed by atoms with Gasteiger partial charge in [-0.1, -0.05) is 6.92 Å². The number of pyridine rings is 1. The maximum absolute atomic E-state index is 5.55. The smallest absolute Gasteiger partial charge is 0.171 e. The maximum Gasteiger partial charge on any atom is 0.171 e. The topological polar surface area (TPSA) is 25.4 Å². The zero-order valence-electron chi connectivity index (χ0n) is 8.16. The first kappa shape index (κ1) is 9.77. The van der Waals surface area contributed by atoms with E-state index in [1.807, 2.05) is 12.3 Å². The SMILES string of the molecule is CCCN1CCOc2cc(Br)cnc21. The van der Waals surface area contributed by atoms with E-state index in [1.54, 1.807) is 0 Å². The summed E-state index contributed by atoms with van der Waals surface area (Å²) in [6.07, 6.45) is 2.95. The highest BCUT2D eigenvalue weighted by Crippen LogP contribution is 2.31. The van der Waals surface area contributed by atoms with Crippen LogP contribution in [0.2, 0.25) is 0 Å². The summed E-state index contributed by atoms with van der Waals surface area (Å²) >= 11 is 3.39. The number of halogens is 1. The van der Waals surface area contributed by atoms with Crippen molar-refractivity contribution < 1.29 is 4.74 Å². The van der Waals surface area contributed by atoms with Gasteiger partial charge in [0.2, 0.25) is 0 Å². The average molecular weight is 257 g/mol. The van der Waals surface area contributed by atoms with Crippen molar-refractivity contribution in [1.29, 1.82) is 0 Å². The van der Waals surface area contributed by atoms with Crippen LogP contribution < -0.4 is 9.64 Å². The summed E-state index contributed by atoms with van der Waals surface area (Å²) in [6.45, 7) is 4.92. The molecular formula is C10H13BrN2O. The minimum atomic E-state index is 0.755. The highest BCUT2D eigenvalue weighted by atomic mass is 79.9. The summed E-state index contributed by atoms with van der Waals surface area (Å²) < 4.78 is 6.51. The predicted molar refractivity (Wildman–Crippen MR) is 59.9 cm³/mol. The maximum atomic E-state index is 5.55. The molecule has 0 aliphatic carbocycles.